The lowest BCUT2D eigenvalue weighted by Crippen LogP contribution is -2.37. The molecule has 0 aliphatic rings. The maximum atomic E-state index is 12.8. The summed E-state index contributed by atoms with van der Waals surface area (Å²) >= 11 is 5.73. The van der Waals surface area contributed by atoms with Crippen LogP contribution in [0.1, 0.15) is 25.8 Å². The molecular weight excluding hydrogens is 293 g/mol. The Morgan fingerprint density at radius 3 is 2.50 bits per heavy atom. The molecule has 112 valence electrons. The fourth-order valence-electron chi connectivity index (χ4n) is 1.72. The number of rotatable bonds is 4. The van der Waals surface area contributed by atoms with Gasteiger partial charge in [-0.2, -0.15) is 13.2 Å². The van der Waals surface area contributed by atoms with Crippen molar-refractivity contribution >= 4 is 23.2 Å². The van der Waals surface area contributed by atoms with E-state index in [0.717, 1.165) is 6.07 Å². The van der Waals surface area contributed by atoms with Crippen LogP contribution in [0, 0.1) is 5.92 Å². The second-order valence-corrected chi connectivity index (χ2v) is 5.29. The summed E-state index contributed by atoms with van der Waals surface area (Å²) in [6, 6.07) is 2.43. The first-order chi connectivity index (χ1) is 9.12. The van der Waals surface area contributed by atoms with E-state index in [1.165, 1.54) is 12.1 Å². The van der Waals surface area contributed by atoms with Crippen molar-refractivity contribution < 1.29 is 18.0 Å². The summed E-state index contributed by atoms with van der Waals surface area (Å²) in [6.45, 7) is 3.73. The quantitative estimate of drug-likeness (QED) is 0.891. The average Bonchev–Trinajstić information content (AvgIpc) is 2.29. The predicted octanol–water partition coefficient (Wildman–Crippen LogP) is 3.67. The van der Waals surface area contributed by atoms with Crippen molar-refractivity contribution in [2.24, 2.45) is 11.7 Å². The molecule has 1 amide bonds. The van der Waals surface area contributed by atoms with Crippen LogP contribution in [0.15, 0.2) is 18.2 Å². The molecule has 20 heavy (non-hydrogen) atoms. The Bertz CT molecular complexity index is 489. The SMILES string of the molecule is CC(C)C[C@@H](N)C(=O)Nc1c(Cl)cccc1C(F)(F)F. The van der Waals surface area contributed by atoms with Gasteiger partial charge in [-0.3, -0.25) is 4.79 Å². The Labute approximate surface area is 120 Å². The minimum Gasteiger partial charge on any atom is -0.323 e. The van der Waals surface area contributed by atoms with Crippen LogP contribution in [-0.2, 0) is 11.0 Å². The highest BCUT2D eigenvalue weighted by molar-refractivity contribution is 6.34. The van der Waals surface area contributed by atoms with Gasteiger partial charge in [0.25, 0.3) is 0 Å². The van der Waals surface area contributed by atoms with E-state index in [4.69, 9.17) is 17.3 Å². The average molecular weight is 309 g/mol. The second kappa shape index (κ2) is 6.45. The molecule has 0 aromatic heterocycles. The van der Waals surface area contributed by atoms with Crippen molar-refractivity contribution in [1.82, 2.24) is 0 Å². The molecule has 0 fully saturated rings. The maximum absolute atomic E-state index is 12.8. The zero-order chi connectivity index (χ0) is 15.5. The molecule has 1 atom stereocenters. The Balaban J connectivity index is 3.00. The zero-order valence-electron chi connectivity index (χ0n) is 11.1. The van der Waals surface area contributed by atoms with Gasteiger partial charge < -0.3 is 11.1 Å². The van der Waals surface area contributed by atoms with E-state index in [0.29, 0.717) is 6.42 Å². The molecule has 0 bridgehead atoms. The minimum absolute atomic E-state index is 0.157. The molecule has 0 saturated heterocycles. The molecule has 1 rings (SSSR count). The van der Waals surface area contributed by atoms with E-state index in [9.17, 15) is 18.0 Å². The predicted molar refractivity (Wildman–Crippen MR) is 72.5 cm³/mol. The zero-order valence-corrected chi connectivity index (χ0v) is 11.8. The number of nitrogens with two attached hydrogens (primary N) is 1. The van der Waals surface area contributed by atoms with Crippen LogP contribution in [0.5, 0.6) is 0 Å². The summed E-state index contributed by atoms with van der Waals surface area (Å²) in [7, 11) is 0. The molecule has 0 spiro atoms. The normalized spacial score (nSPS) is 13.4. The van der Waals surface area contributed by atoms with Crippen molar-refractivity contribution in [2.75, 3.05) is 5.32 Å². The molecule has 0 heterocycles. The monoisotopic (exact) mass is 308 g/mol. The van der Waals surface area contributed by atoms with Crippen LogP contribution >= 0.6 is 11.6 Å². The lowest BCUT2D eigenvalue weighted by Gasteiger charge is -2.18. The molecular formula is C13H16ClF3N2O. The van der Waals surface area contributed by atoms with E-state index in [2.05, 4.69) is 5.32 Å². The van der Waals surface area contributed by atoms with Gasteiger partial charge in [-0.1, -0.05) is 31.5 Å². The number of amides is 1. The van der Waals surface area contributed by atoms with Crippen LogP contribution in [0.2, 0.25) is 5.02 Å². The number of hydrogen-bond donors (Lipinski definition) is 2. The van der Waals surface area contributed by atoms with Crippen molar-refractivity contribution in [2.45, 2.75) is 32.5 Å². The van der Waals surface area contributed by atoms with Crippen LogP contribution in [0.4, 0.5) is 18.9 Å². The van der Waals surface area contributed by atoms with Crippen molar-refractivity contribution in [3.05, 3.63) is 28.8 Å². The topological polar surface area (TPSA) is 55.1 Å². The van der Waals surface area contributed by atoms with Crippen molar-refractivity contribution in [1.29, 1.82) is 0 Å². The van der Waals surface area contributed by atoms with E-state index >= 15 is 0 Å². The third-order valence-corrected chi connectivity index (χ3v) is 2.94. The summed E-state index contributed by atoms with van der Waals surface area (Å²) in [6.07, 6.45) is -4.23. The number of halogens is 4. The first-order valence-corrected chi connectivity index (χ1v) is 6.43. The van der Waals surface area contributed by atoms with Gasteiger partial charge in [-0.25, -0.2) is 0 Å². The van der Waals surface area contributed by atoms with Gasteiger partial charge in [0.05, 0.1) is 22.3 Å². The van der Waals surface area contributed by atoms with Crippen LogP contribution in [-0.4, -0.2) is 11.9 Å². The third-order valence-electron chi connectivity index (χ3n) is 2.63. The summed E-state index contributed by atoms with van der Waals surface area (Å²) in [5, 5.41) is 2.00. The Hall–Kier alpha value is -1.27. The fraction of sp³-hybridized carbons (Fsp3) is 0.462. The summed E-state index contributed by atoms with van der Waals surface area (Å²) in [5.41, 5.74) is 4.20. The van der Waals surface area contributed by atoms with Gasteiger partial charge in [0.15, 0.2) is 0 Å². The number of alkyl halides is 3. The number of nitrogens with one attached hydrogen (secondary N) is 1. The Kier molecular flexibility index (Phi) is 5.42. The Morgan fingerprint density at radius 2 is 2.00 bits per heavy atom. The first-order valence-electron chi connectivity index (χ1n) is 6.05. The van der Waals surface area contributed by atoms with Crippen LogP contribution in [0.25, 0.3) is 0 Å². The van der Waals surface area contributed by atoms with Gasteiger partial charge in [0, 0.05) is 0 Å². The minimum atomic E-state index is -4.60. The molecule has 0 radical (unpaired) electrons. The van der Waals surface area contributed by atoms with Gasteiger partial charge >= 0.3 is 6.18 Å². The highest BCUT2D eigenvalue weighted by atomic mass is 35.5. The van der Waals surface area contributed by atoms with Crippen LogP contribution in [0.3, 0.4) is 0 Å². The number of hydrogen-bond acceptors (Lipinski definition) is 2. The van der Waals surface area contributed by atoms with Gasteiger partial charge in [-0.05, 0) is 24.5 Å². The van der Waals surface area contributed by atoms with E-state index in [-0.39, 0.29) is 10.9 Å². The number of benzene rings is 1. The maximum Gasteiger partial charge on any atom is 0.418 e. The third kappa shape index (κ3) is 4.38. The molecule has 0 aliphatic carbocycles. The molecule has 1 aromatic rings. The first kappa shape index (κ1) is 16.8. The number of anilines is 1. The van der Waals surface area contributed by atoms with Gasteiger partial charge in [-0.15, -0.1) is 0 Å². The lowest BCUT2D eigenvalue weighted by atomic mass is 10.0. The molecule has 0 unspecified atom stereocenters. The van der Waals surface area contributed by atoms with Gasteiger partial charge in [0.2, 0.25) is 5.91 Å². The van der Waals surface area contributed by atoms with Gasteiger partial charge in [0.1, 0.15) is 0 Å². The number of para-hydroxylation sites is 1. The Morgan fingerprint density at radius 1 is 1.40 bits per heavy atom. The molecule has 7 heteroatoms. The number of carbonyl (C=O) groups is 1. The highest BCUT2D eigenvalue weighted by Crippen LogP contribution is 2.38. The van der Waals surface area contributed by atoms with Crippen molar-refractivity contribution in [3.8, 4) is 0 Å². The standard InChI is InChI=1S/C13H16ClF3N2O/c1-7(2)6-10(18)12(20)19-11-8(13(15,16)17)4-3-5-9(11)14/h3-5,7,10H,6,18H2,1-2H3,(H,19,20)/t10-/m1/s1. The smallest absolute Gasteiger partial charge is 0.323 e. The summed E-state index contributed by atoms with van der Waals surface area (Å²) < 4.78 is 38.5. The lowest BCUT2D eigenvalue weighted by molar-refractivity contribution is -0.137. The summed E-state index contributed by atoms with van der Waals surface area (Å²) in [5.74, 6) is -0.526. The molecule has 0 aliphatic heterocycles. The molecule has 1 aromatic carbocycles. The van der Waals surface area contributed by atoms with E-state index in [1.807, 2.05) is 13.8 Å². The number of carbonyl (C=O) groups excluding carboxylic acids is 1. The van der Waals surface area contributed by atoms with Crippen LogP contribution < -0.4 is 11.1 Å². The molecule has 3 N–H and O–H groups in total. The second-order valence-electron chi connectivity index (χ2n) is 4.89. The van der Waals surface area contributed by atoms with Crippen molar-refractivity contribution in [3.63, 3.8) is 0 Å². The van der Waals surface area contributed by atoms with E-state index < -0.39 is 29.4 Å². The molecule has 0 saturated carbocycles. The van der Waals surface area contributed by atoms with E-state index in [1.54, 1.807) is 0 Å². The highest BCUT2D eigenvalue weighted by Gasteiger charge is 2.35. The summed E-state index contributed by atoms with van der Waals surface area (Å²) in [4.78, 5) is 11.8. The fourth-order valence-corrected chi connectivity index (χ4v) is 1.94. The largest absolute Gasteiger partial charge is 0.418 e. The molecule has 3 nitrogen and oxygen atoms in total.